The van der Waals surface area contributed by atoms with Crippen LogP contribution in [0.3, 0.4) is 0 Å². The number of carbonyl (C=O) groups is 3. The number of amides is 2. The largest absolute Gasteiger partial charge is 0.488 e. The van der Waals surface area contributed by atoms with Crippen LogP contribution in [0.4, 0.5) is 5.69 Å². The minimum atomic E-state index is -0.980. The van der Waals surface area contributed by atoms with E-state index in [9.17, 15) is 14.4 Å². The van der Waals surface area contributed by atoms with Gasteiger partial charge in [-0.25, -0.2) is 4.79 Å². The number of ether oxygens (including phenoxy) is 1. The van der Waals surface area contributed by atoms with Crippen LogP contribution in [0.5, 0.6) is 5.75 Å². The fraction of sp³-hybridized carbons (Fsp3) is 0.111. The average Bonchev–Trinajstić information content (AvgIpc) is 2.86. The molecule has 0 bridgehead atoms. The molecule has 0 radical (unpaired) electrons. The molecular formula is C27H21IN2O5S. The van der Waals surface area contributed by atoms with E-state index in [0.29, 0.717) is 23.4 Å². The molecule has 0 aromatic heterocycles. The van der Waals surface area contributed by atoms with E-state index in [4.69, 9.17) is 22.1 Å². The van der Waals surface area contributed by atoms with Crippen molar-refractivity contribution in [3.8, 4) is 5.75 Å². The predicted molar refractivity (Wildman–Crippen MR) is 149 cm³/mol. The highest BCUT2D eigenvalue weighted by atomic mass is 127. The Morgan fingerprint density at radius 1 is 1.11 bits per heavy atom. The second kappa shape index (κ2) is 11.0. The van der Waals surface area contributed by atoms with Crippen molar-refractivity contribution in [1.82, 2.24) is 5.32 Å². The predicted octanol–water partition coefficient (Wildman–Crippen LogP) is 4.96. The minimum Gasteiger partial charge on any atom is -0.488 e. The molecular weight excluding hydrogens is 591 g/mol. The third kappa shape index (κ3) is 5.47. The zero-order chi connectivity index (χ0) is 25.8. The summed E-state index contributed by atoms with van der Waals surface area (Å²) >= 11 is 7.44. The monoisotopic (exact) mass is 612 g/mol. The fourth-order valence-corrected chi connectivity index (χ4v) is 4.67. The number of nitrogens with one attached hydrogen (secondary N) is 1. The number of rotatable bonds is 7. The van der Waals surface area contributed by atoms with Gasteiger partial charge in [0.15, 0.2) is 5.11 Å². The Kier molecular flexibility index (Phi) is 7.80. The smallest absolute Gasteiger partial charge is 0.335 e. The van der Waals surface area contributed by atoms with Gasteiger partial charge in [0.1, 0.15) is 17.9 Å². The highest BCUT2D eigenvalue weighted by Gasteiger charge is 2.35. The molecule has 0 aliphatic carbocycles. The van der Waals surface area contributed by atoms with E-state index in [-0.39, 0.29) is 22.9 Å². The molecule has 0 spiro atoms. The van der Waals surface area contributed by atoms with E-state index >= 15 is 0 Å². The summed E-state index contributed by atoms with van der Waals surface area (Å²) in [4.78, 5) is 38.3. The van der Waals surface area contributed by atoms with Gasteiger partial charge in [-0.2, -0.15) is 0 Å². The van der Waals surface area contributed by atoms with Crippen LogP contribution >= 0.6 is 34.8 Å². The second-order valence-corrected chi connectivity index (χ2v) is 9.47. The summed E-state index contributed by atoms with van der Waals surface area (Å²) in [5, 5.41) is 11.7. The number of halogens is 1. The molecule has 0 atom stereocenters. The van der Waals surface area contributed by atoms with Gasteiger partial charge in [-0.1, -0.05) is 43.3 Å². The molecule has 1 aliphatic heterocycles. The van der Waals surface area contributed by atoms with Crippen molar-refractivity contribution in [3.05, 3.63) is 98.1 Å². The normalized spacial score (nSPS) is 14.7. The maximum Gasteiger partial charge on any atom is 0.335 e. The lowest BCUT2D eigenvalue weighted by molar-refractivity contribution is -0.122. The van der Waals surface area contributed by atoms with Crippen molar-refractivity contribution >= 4 is 69.5 Å². The van der Waals surface area contributed by atoms with Gasteiger partial charge in [-0.15, -0.1) is 0 Å². The topological polar surface area (TPSA) is 95.9 Å². The third-order valence-electron chi connectivity index (χ3n) is 5.58. The number of benzene rings is 3. The molecule has 1 aliphatic rings. The Bertz CT molecular complexity index is 1400. The van der Waals surface area contributed by atoms with Crippen LogP contribution in [0.25, 0.3) is 6.08 Å². The summed E-state index contributed by atoms with van der Waals surface area (Å²) < 4.78 is 6.67. The van der Waals surface area contributed by atoms with Gasteiger partial charge in [-0.05, 0) is 94.3 Å². The highest BCUT2D eigenvalue weighted by molar-refractivity contribution is 14.1. The van der Waals surface area contributed by atoms with Gasteiger partial charge in [0.05, 0.1) is 14.8 Å². The van der Waals surface area contributed by atoms with Crippen molar-refractivity contribution in [2.45, 2.75) is 20.0 Å². The van der Waals surface area contributed by atoms with E-state index in [2.05, 4.69) is 27.9 Å². The van der Waals surface area contributed by atoms with Crippen LogP contribution in [-0.4, -0.2) is 28.0 Å². The Balaban J connectivity index is 1.54. The molecule has 3 aromatic carbocycles. The first-order valence-electron chi connectivity index (χ1n) is 11.0. The fourth-order valence-electron chi connectivity index (χ4n) is 3.70. The first-order chi connectivity index (χ1) is 17.3. The van der Waals surface area contributed by atoms with Crippen molar-refractivity contribution in [2.24, 2.45) is 0 Å². The summed E-state index contributed by atoms with van der Waals surface area (Å²) in [7, 11) is 0. The number of nitrogens with zero attached hydrogens (tertiary/aromatic N) is 1. The van der Waals surface area contributed by atoms with E-state index in [1.807, 2.05) is 37.3 Å². The molecule has 4 rings (SSSR count). The summed E-state index contributed by atoms with van der Waals surface area (Å²) in [5.74, 6) is -1.38. The number of carbonyl (C=O) groups excluding carboxylic acids is 2. The van der Waals surface area contributed by atoms with Crippen LogP contribution in [0.2, 0.25) is 0 Å². The summed E-state index contributed by atoms with van der Waals surface area (Å²) in [6.07, 6.45) is 2.25. The van der Waals surface area contributed by atoms with Crippen molar-refractivity contribution in [2.75, 3.05) is 4.90 Å². The van der Waals surface area contributed by atoms with Crippen molar-refractivity contribution < 1.29 is 24.2 Å². The molecule has 2 amide bonds. The number of hydrogen-bond donors (Lipinski definition) is 2. The summed E-state index contributed by atoms with van der Waals surface area (Å²) in [6.45, 7) is 2.25. The number of para-hydroxylation sites is 1. The maximum atomic E-state index is 13.3. The number of anilines is 1. The highest BCUT2D eigenvalue weighted by Crippen LogP contribution is 2.28. The summed E-state index contributed by atoms with van der Waals surface area (Å²) in [5.41, 5.74) is 3.28. The van der Waals surface area contributed by atoms with Crippen LogP contribution in [0, 0.1) is 3.57 Å². The lowest BCUT2D eigenvalue weighted by atomic mass is 10.0. The molecule has 1 saturated heterocycles. The van der Waals surface area contributed by atoms with Crippen LogP contribution in [0.1, 0.15) is 34.0 Å². The maximum absolute atomic E-state index is 13.3. The molecule has 182 valence electrons. The molecule has 36 heavy (non-hydrogen) atoms. The Hall–Kier alpha value is -3.57. The number of carboxylic acid groups (broad SMARTS) is 1. The van der Waals surface area contributed by atoms with Gasteiger partial charge in [0, 0.05) is 0 Å². The number of thiocarbonyl (C=S) groups is 1. The van der Waals surface area contributed by atoms with Gasteiger partial charge in [0.2, 0.25) is 0 Å². The molecule has 2 N–H and O–H groups in total. The van der Waals surface area contributed by atoms with Crippen LogP contribution in [-0.2, 0) is 22.6 Å². The van der Waals surface area contributed by atoms with Crippen molar-refractivity contribution in [3.63, 3.8) is 0 Å². The Morgan fingerprint density at radius 2 is 1.83 bits per heavy atom. The van der Waals surface area contributed by atoms with Crippen LogP contribution < -0.4 is 15.0 Å². The third-order valence-corrected chi connectivity index (χ3v) is 6.70. The van der Waals surface area contributed by atoms with E-state index < -0.39 is 17.8 Å². The Morgan fingerprint density at radius 3 is 2.50 bits per heavy atom. The zero-order valence-corrected chi connectivity index (χ0v) is 22.1. The quantitative estimate of drug-likeness (QED) is 0.170. The van der Waals surface area contributed by atoms with E-state index in [1.165, 1.54) is 23.1 Å². The van der Waals surface area contributed by atoms with Gasteiger partial charge in [-0.3, -0.25) is 19.8 Å². The SMILES string of the molecule is CCc1ccccc1N1C(=O)/C(=C/c2ccc(OCc3ccc(C(=O)O)cc3)c(I)c2)C(=O)NC1=S. The van der Waals surface area contributed by atoms with E-state index in [1.54, 1.807) is 24.3 Å². The van der Waals surface area contributed by atoms with Gasteiger partial charge < -0.3 is 9.84 Å². The standard InChI is InChI=1S/C27H21IN2O5S/c1-2-18-5-3-4-6-22(18)30-25(32)20(24(31)29-27(30)36)13-17-9-12-23(21(28)14-17)35-15-16-7-10-19(11-8-16)26(33)34/h3-14H,2,15H2,1H3,(H,33,34)(H,29,31,36)/b20-13+. The van der Waals surface area contributed by atoms with Crippen molar-refractivity contribution in [1.29, 1.82) is 0 Å². The zero-order valence-electron chi connectivity index (χ0n) is 19.2. The second-order valence-electron chi connectivity index (χ2n) is 7.92. The first-order valence-corrected chi connectivity index (χ1v) is 12.5. The minimum absolute atomic E-state index is 0.0162. The van der Waals surface area contributed by atoms with Gasteiger partial charge >= 0.3 is 5.97 Å². The van der Waals surface area contributed by atoms with Gasteiger partial charge in [0.25, 0.3) is 11.8 Å². The molecule has 3 aromatic rings. The summed E-state index contributed by atoms with van der Waals surface area (Å²) in [6, 6.07) is 19.3. The molecule has 0 saturated carbocycles. The number of carboxylic acids is 1. The average molecular weight is 612 g/mol. The lowest BCUT2D eigenvalue weighted by Crippen LogP contribution is -2.54. The molecule has 9 heteroatoms. The molecule has 0 unspecified atom stereocenters. The molecule has 1 fully saturated rings. The lowest BCUT2D eigenvalue weighted by Gasteiger charge is -2.30. The molecule has 7 nitrogen and oxygen atoms in total. The number of aryl methyl sites for hydroxylation is 1. The number of hydrogen-bond acceptors (Lipinski definition) is 5. The number of aromatic carboxylic acids is 1. The van der Waals surface area contributed by atoms with Crippen LogP contribution in [0.15, 0.2) is 72.3 Å². The Labute approximate surface area is 226 Å². The first kappa shape index (κ1) is 25.5. The van der Waals surface area contributed by atoms with E-state index in [0.717, 1.165) is 14.7 Å². The molecule has 1 heterocycles.